The number of carbonyl (C=O) groups is 1. The van der Waals surface area contributed by atoms with Gasteiger partial charge in [0.25, 0.3) is 5.91 Å². The fourth-order valence-corrected chi connectivity index (χ4v) is 2.64. The lowest BCUT2D eigenvalue weighted by molar-refractivity contribution is 0.0939. The molecule has 1 heterocycles. The number of rotatable bonds is 7. The van der Waals surface area contributed by atoms with Gasteiger partial charge in [-0.25, -0.2) is 4.98 Å². The van der Waals surface area contributed by atoms with Gasteiger partial charge in [0.15, 0.2) is 0 Å². The van der Waals surface area contributed by atoms with Crippen molar-refractivity contribution in [3.63, 3.8) is 0 Å². The Hall–Kier alpha value is -3.08. The molecule has 1 amide bonds. The summed E-state index contributed by atoms with van der Waals surface area (Å²) in [5, 5.41) is 2.96. The minimum Gasteiger partial charge on any atom is -0.487 e. The van der Waals surface area contributed by atoms with Gasteiger partial charge in [-0.15, -0.1) is 0 Å². The van der Waals surface area contributed by atoms with E-state index in [-0.39, 0.29) is 11.9 Å². The predicted octanol–water partition coefficient (Wildman–Crippen LogP) is 5.07. The number of benzene rings is 2. The van der Waals surface area contributed by atoms with Crippen LogP contribution in [0, 0.1) is 13.8 Å². The molecular weight excluding hydrogens is 352 g/mol. The number of hydrogen-bond acceptors (Lipinski definition) is 4. The van der Waals surface area contributed by atoms with Crippen molar-refractivity contribution in [3.8, 4) is 17.2 Å². The molecule has 0 aliphatic heterocycles. The van der Waals surface area contributed by atoms with Gasteiger partial charge in [-0.1, -0.05) is 24.6 Å². The molecule has 1 aromatic heterocycles. The quantitative estimate of drug-likeness (QED) is 0.624. The second-order valence-corrected chi connectivity index (χ2v) is 6.98. The lowest BCUT2D eigenvalue weighted by atomic mass is 10.1. The Bertz CT molecular complexity index is 927. The molecule has 5 heteroatoms. The highest BCUT2D eigenvalue weighted by Crippen LogP contribution is 2.23. The SMILES string of the molecule is CC[C@@H](C)NC(=O)c1ccc(-c2nc(COc3ccc(C)cc3)c(C)o2)cc1. The van der Waals surface area contributed by atoms with Crippen molar-refractivity contribution in [1.29, 1.82) is 0 Å². The predicted molar refractivity (Wildman–Crippen MR) is 109 cm³/mol. The van der Waals surface area contributed by atoms with Gasteiger partial charge in [-0.2, -0.15) is 0 Å². The molecule has 0 aliphatic carbocycles. The van der Waals surface area contributed by atoms with Gasteiger partial charge in [-0.3, -0.25) is 4.79 Å². The normalized spacial score (nSPS) is 11.9. The van der Waals surface area contributed by atoms with Crippen molar-refractivity contribution in [2.45, 2.75) is 46.8 Å². The van der Waals surface area contributed by atoms with Crippen LogP contribution in [0.25, 0.3) is 11.5 Å². The summed E-state index contributed by atoms with van der Waals surface area (Å²) in [5.74, 6) is 1.97. The Morgan fingerprint density at radius 2 is 1.79 bits per heavy atom. The number of nitrogens with one attached hydrogen (secondary N) is 1. The second-order valence-electron chi connectivity index (χ2n) is 6.98. The Labute approximate surface area is 165 Å². The van der Waals surface area contributed by atoms with Crippen molar-refractivity contribution < 1.29 is 13.9 Å². The molecule has 2 aromatic carbocycles. The summed E-state index contributed by atoms with van der Waals surface area (Å²) in [6.45, 7) is 8.28. The number of hydrogen-bond donors (Lipinski definition) is 1. The molecule has 5 nitrogen and oxygen atoms in total. The van der Waals surface area contributed by atoms with Crippen LogP contribution in [0.1, 0.15) is 47.6 Å². The fourth-order valence-electron chi connectivity index (χ4n) is 2.64. The van der Waals surface area contributed by atoms with E-state index in [2.05, 4.69) is 10.3 Å². The number of amides is 1. The highest BCUT2D eigenvalue weighted by Gasteiger charge is 2.14. The van der Waals surface area contributed by atoms with E-state index in [4.69, 9.17) is 9.15 Å². The van der Waals surface area contributed by atoms with Gasteiger partial charge in [0.2, 0.25) is 5.89 Å². The second kappa shape index (κ2) is 8.74. The third-order valence-corrected chi connectivity index (χ3v) is 4.67. The van der Waals surface area contributed by atoms with Crippen LogP contribution in [0.3, 0.4) is 0 Å². The fraction of sp³-hybridized carbons (Fsp3) is 0.304. The first-order valence-corrected chi connectivity index (χ1v) is 9.53. The number of aromatic nitrogens is 1. The minimum absolute atomic E-state index is 0.0725. The summed E-state index contributed by atoms with van der Waals surface area (Å²) >= 11 is 0. The van der Waals surface area contributed by atoms with E-state index >= 15 is 0 Å². The van der Waals surface area contributed by atoms with Crippen molar-refractivity contribution in [1.82, 2.24) is 10.3 Å². The molecule has 0 saturated heterocycles. The molecule has 0 fully saturated rings. The first-order valence-electron chi connectivity index (χ1n) is 9.53. The standard InChI is InChI=1S/C23H26N2O3/c1-5-16(3)24-22(26)18-8-10-19(11-9-18)23-25-21(17(4)28-23)14-27-20-12-6-15(2)7-13-20/h6-13,16H,5,14H2,1-4H3,(H,24,26)/t16-/m1/s1. The average Bonchev–Trinajstić information content (AvgIpc) is 3.08. The van der Waals surface area contributed by atoms with Crippen LogP contribution in [0.15, 0.2) is 52.9 Å². The summed E-state index contributed by atoms with van der Waals surface area (Å²) in [6.07, 6.45) is 0.896. The molecule has 0 bridgehead atoms. The van der Waals surface area contributed by atoms with Crippen LogP contribution in [0.2, 0.25) is 0 Å². The molecular formula is C23H26N2O3. The molecule has 146 valence electrons. The highest BCUT2D eigenvalue weighted by molar-refractivity contribution is 5.94. The number of oxazole rings is 1. The summed E-state index contributed by atoms with van der Waals surface area (Å²) in [4.78, 5) is 16.8. The zero-order valence-electron chi connectivity index (χ0n) is 16.8. The van der Waals surface area contributed by atoms with Crippen LogP contribution in [-0.2, 0) is 6.61 Å². The molecule has 3 rings (SSSR count). The maximum Gasteiger partial charge on any atom is 0.251 e. The Balaban J connectivity index is 1.68. The monoisotopic (exact) mass is 378 g/mol. The smallest absolute Gasteiger partial charge is 0.251 e. The third-order valence-electron chi connectivity index (χ3n) is 4.67. The number of ether oxygens (including phenoxy) is 1. The first-order chi connectivity index (χ1) is 13.5. The Morgan fingerprint density at radius 1 is 1.11 bits per heavy atom. The zero-order chi connectivity index (χ0) is 20.1. The van der Waals surface area contributed by atoms with Crippen molar-refractivity contribution in [2.24, 2.45) is 0 Å². The average molecular weight is 378 g/mol. The van der Waals surface area contributed by atoms with Crippen LogP contribution in [0.4, 0.5) is 0 Å². The minimum atomic E-state index is -0.0725. The topological polar surface area (TPSA) is 64.4 Å². The van der Waals surface area contributed by atoms with E-state index < -0.39 is 0 Å². The van der Waals surface area contributed by atoms with Crippen molar-refractivity contribution in [2.75, 3.05) is 0 Å². The Morgan fingerprint density at radius 3 is 2.43 bits per heavy atom. The molecule has 0 saturated carbocycles. The lowest BCUT2D eigenvalue weighted by Gasteiger charge is -2.11. The van der Waals surface area contributed by atoms with E-state index in [1.54, 1.807) is 12.1 Å². The van der Waals surface area contributed by atoms with E-state index in [0.29, 0.717) is 18.1 Å². The van der Waals surface area contributed by atoms with E-state index in [0.717, 1.165) is 29.2 Å². The summed E-state index contributed by atoms with van der Waals surface area (Å²) in [6, 6.07) is 15.3. The Kier molecular flexibility index (Phi) is 6.14. The van der Waals surface area contributed by atoms with E-state index in [1.165, 1.54) is 5.56 Å². The first kappa shape index (κ1) is 19.7. The van der Waals surface area contributed by atoms with Crippen LogP contribution >= 0.6 is 0 Å². The summed E-state index contributed by atoms with van der Waals surface area (Å²) in [7, 11) is 0. The molecule has 1 atom stereocenters. The number of nitrogens with zero attached hydrogens (tertiary/aromatic N) is 1. The number of carbonyl (C=O) groups excluding carboxylic acids is 1. The van der Waals surface area contributed by atoms with Crippen LogP contribution < -0.4 is 10.1 Å². The van der Waals surface area contributed by atoms with E-state index in [9.17, 15) is 4.79 Å². The molecule has 1 N–H and O–H groups in total. The van der Waals surface area contributed by atoms with Crippen LogP contribution in [-0.4, -0.2) is 16.9 Å². The van der Waals surface area contributed by atoms with Gasteiger partial charge in [0.05, 0.1) is 0 Å². The highest BCUT2D eigenvalue weighted by atomic mass is 16.5. The largest absolute Gasteiger partial charge is 0.487 e. The van der Waals surface area contributed by atoms with Crippen LogP contribution in [0.5, 0.6) is 5.75 Å². The molecule has 3 aromatic rings. The lowest BCUT2D eigenvalue weighted by Crippen LogP contribution is -2.31. The third kappa shape index (κ3) is 4.80. The molecule has 0 spiro atoms. The summed E-state index contributed by atoms with van der Waals surface area (Å²) < 4.78 is 11.6. The van der Waals surface area contributed by atoms with Gasteiger partial charge in [0.1, 0.15) is 23.8 Å². The van der Waals surface area contributed by atoms with E-state index in [1.807, 2.05) is 64.1 Å². The molecule has 0 unspecified atom stereocenters. The maximum absolute atomic E-state index is 12.2. The van der Waals surface area contributed by atoms with Crippen molar-refractivity contribution >= 4 is 5.91 Å². The zero-order valence-corrected chi connectivity index (χ0v) is 16.8. The molecule has 28 heavy (non-hydrogen) atoms. The maximum atomic E-state index is 12.2. The molecule has 0 radical (unpaired) electrons. The summed E-state index contributed by atoms with van der Waals surface area (Å²) in [5.41, 5.74) is 3.39. The van der Waals surface area contributed by atoms with Gasteiger partial charge >= 0.3 is 0 Å². The van der Waals surface area contributed by atoms with Gasteiger partial charge in [-0.05, 0) is 63.6 Å². The number of aryl methyl sites for hydroxylation is 2. The van der Waals surface area contributed by atoms with Gasteiger partial charge in [0, 0.05) is 17.2 Å². The van der Waals surface area contributed by atoms with Gasteiger partial charge < -0.3 is 14.5 Å². The molecule has 0 aliphatic rings. The van der Waals surface area contributed by atoms with Crippen molar-refractivity contribution in [3.05, 3.63) is 71.1 Å².